The zero-order valence-corrected chi connectivity index (χ0v) is 8.24. The number of nitrogen functional groups attached to an aromatic ring is 1. The highest BCUT2D eigenvalue weighted by atomic mass is 15.2. The van der Waals surface area contributed by atoms with Gasteiger partial charge in [-0.05, 0) is 24.5 Å². The van der Waals surface area contributed by atoms with Crippen molar-refractivity contribution in [3.8, 4) is 0 Å². The van der Waals surface area contributed by atoms with Crippen LogP contribution in [-0.2, 0) is 13.0 Å². The maximum atomic E-state index is 5.74. The summed E-state index contributed by atoms with van der Waals surface area (Å²) in [6.45, 7) is 2.23. The molecule has 14 heavy (non-hydrogen) atoms. The van der Waals surface area contributed by atoms with E-state index in [2.05, 4.69) is 16.0 Å². The molecule has 1 aliphatic heterocycles. The van der Waals surface area contributed by atoms with E-state index in [0.717, 1.165) is 24.7 Å². The first kappa shape index (κ1) is 8.24. The fraction of sp³-hybridized carbons (Fsp3) is 0.545. The summed E-state index contributed by atoms with van der Waals surface area (Å²) in [6, 6.07) is 2.93. The van der Waals surface area contributed by atoms with Crippen LogP contribution in [0.5, 0.6) is 0 Å². The van der Waals surface area contributed by atoms with Crippen molar-refractivity contribution in [1.29, 1.82) is 0 Å². The molecule has 0 saturated heterocycles. The monoisotopic (exact) mass is 189 g/mol. The Morgan fingerprint density at radius 1 is 1.43 bits per heavy atom. The van der Waals surface area contributed by atoms with Gasteiger partial charge in [0.15, 0.2) is 0 Å². The minimum Gasteiger partial charge on any atom is -0.397 e. The summed E-state index contributed by atoms with van der Waals surface area (Å²) in [5.74, 6) is 0. The molecular weight excluding hydrogens is 174 g/mol. The lowest BCUT2D eigenvalue weighted by Crippen LogP contribution is -2.32. The minimum absolute atomic E-state index is 0.793. The molecule has 0 radical (unpaired) electrons. The van der Waals surface area contributed by atoms with Crippen molar-refractivity contribution >= 4 is 5.69 Å². The predicted octanol–water partition coefficient (Wildman–Crippen LogP) is 1.18. The van der Waals surface area contributed by atoms with Crippen molar-refractivity contribution in [3.05, 3.63) is 23.5 Å². The van der Waals surface area contributed by atoms with E-state index < -0.39 is 0 Å². The maximum absolute atomic E-state index is 5.74. The first-order valence-electron chi connectivity index (χ1n) is 5.30. The normalized spacial score (nSPS) is 22.0. The van der Waals surface area contributed by atoms with Crippen molar-refractivity contribution in [2.45, 2.75) is 31.8 Å². The summed E-state index contributed by atoms with van der Waals surface area (Å²) in [4.78, 5) is 6.94. The number of pyridine rings is 1. The summed E-state index contributed by atoms with van der Waals surface area (Å²) in [6.07, 6.45) is 5.62. The van der Waals surface area contributed by atoms with Gasteiger partial charge in [0.1, 0.15) is 0 Å². The highest BCUT2D eigenvalue weighted by Crippen LogP contribution is 2.31. The van der Waals surface area contributed by atoms with E-state index in [9.17, 15) is 0 Å². The highest BCUT2D eigenvalue weighted by molar-refractivity contribution is 5.40. The third kappa shape index (κ3) is 1.38. The zero-order valence-electron chi connectivity index (χ0n) is 8.24. The van der Waals surface area contributed by atoms with Crippen LogP contribution in [0.2, 0.25) is 0 Å². The Morgan fingerprint density at radius 2 is 2.29 bits per heavy atom. The molecule has 3 rings (SSSR count). The fourth-order valence-electron chi connectivity index (χ4n) is 2.22. The summed E-state index contributed by atoms with van der Waals surface area (Å²) in [5.41, 5.74) is 9.11. The number of nitrogens with zero attached hydrogens (tertiary/aromatic N) is 2. The third-order valence-electron chi connectivity index (χ3n) is 3.15. The van der Waals surface area contributed by atoms with Gasteiger partial charge in [-0.2, -0.15) is 0 Å². The average Bonchev–Trinajstić information content (AvgIpc) is 3.00. The molecule has 74 valence electrons. The lowest BCUT2D eigenvalue weighted by Gasteiger charge is -2.27. The number of rotatable bonds is 1. The van der Waals surface area contributed by atoms with Crippen LogP contribution < -0.4 is 5.73 Å². The van der Waals surface area contributed by atoms with E-state index in [0.29, 0.717) is 0 Å². The number of nitrogens with two attached hydrogens (primary N) is 1. The second-order valence-corrected chi connectivity index (χ2v) is 4.33. The van der Waals surface area contributed by atoms with Crippen molar-refractivity contribution in [2.24, 2.45) is 0 Å². The molecule has 0 amide bonds. The first-order valence-corrected chi connectivity index (χ1v) is 5.30. The molecule has 0 unspecified atom stereocenters. The lowest BCUT2D eigenvalue weighted by atomic mass is 10.1. The van der Waals surface area contributed by atoms with Crippen LogP contribution in [0.15, 0.2) is 12.3 Å². The van der Waals surface area contributed by atoms with Crippen LogP contribution in [0.3, 0.4) is 0 Å². The molecule has 0 bridgehead atoms. The first-order chi connectivity index (χ1) is 6.83. The molecule has 1 saturated carbocycles. The Hall–Kier alpha value is -1.09. The Labute approximate surface area is 83.9 Å². The van der Waals surface area contributed by atoms with Gasteiger partial charge < -0.3 is 5.73 Å². The van der Waals surface area contributed by atoms with Gasteiger partial charge >= 0.3 is 0 Å². The van der Waals surface area contributed by atoms with E-state index in [4.69, 9.17) is 5.73 Å². The van der Waals surface area contributed by atoms with Crippen molar-refractivity contribution in [1.82, 2.24) is 9.88 Å². The molecule has 2 heterocycles. The van der Waals surface area contributed by atoms with Gasteiger partial charge in [-0.15, -0.1) is 0 Å². The van der Waals surface area contributed by atoms with Gasteiger partial charge in [0.2, 0.25) is 0 Å². The summed E-state index contributed by atoms with van der Waals surface area (Å²) < 4.78 is 0. The Kier molecular flexibility index (Phi) is 1.74. The molecule has 3 heteroatoms. The van der Waals surface area contributed by atoms with Gasteiger partial charge in [-0.3, -0.25) is 9.88 Å². The van der Waals surface area contributed by atoms with Gasteiger partial charge in [0.25, 0.3) is 0 Å². The lowest BCUT2D eigenvalue weighted by molar-refractivity contribution is 0.242. The van der Waals surface area contributed by atoms with Crippen LogP contribution in [0.25, 0.3) is 0 Å². The van der Waals surface area contributed by atoms with Gasteiger partial charge in [0.05, 0.1) is 11.9 Å². The second kappa shape index (κ2) is 2.95. The van der Waals surface area contributed by atoms with Crippen LogP contribution in [0.4, 0.5) is 5.69 Å². The summed E-state index contributed by atoms with van der Waals surface area (Å²) >= 11 is 0. The highest BCUT2D eigenvalue weighted by Gasteiger charge is 2.31. The maximum Gasteiger partial charge on any atom is 0.0504 e. The zero-order chi connectivity index (χ0) is 9.54. The number of anilines is 1. The van der Waals surface area contributed by atoms with Crippen molar-refractivity contribution in [2.75, 3.05) is 12.3 Å². The average molecular weight is 189 g/mol. The summed E-state index contributed by atoms with van der Waals surface area (Å²) in [5, 5.41) is 0. The Morgan fingerprint density at radius 3 is 3.07 bits per heavy atom. The van der Waals surface area contributed by atoms with Gasteiger partial charge in [-0.25, -0.2) is 0 Å². The fourth-order valence-corrected chi connectivity index (χ4v) is 2.22. The Balaban J connectivity index is 1.88. The molecule has 1 aliphatic carbocycles. The molecule has 1 aromatic heterocycles. The van der Waals surface area contributed by atoms with E-state index in [-0.39, 0.29) is 0 Å². The molecule has 0 atom stereocenters. The van der Waals surface area contributed by atoms with E-state index in [1.165, 1.54) is 30.6 Å². The number of hydrogen-bond acceptors (Lipinski definition) is 3. The Bertz CT molecular complexity index is 358. The number of aromatic nitrogens is 1. The van der Waals surface area contributed by atoms with E-state index in [1.54, 1.807) is 6.20 Å². The van der Waals surface area contributed by atoms with Gasteiger partial charge in [-0.1, -0.05) is 0 Å². The number of hydrogen-bond donors (Lipinski definition) is 1. The van der Waals surface area contributed by atoms with Crippen molar-refractivity contribution in [3.63, 3.8) is 0 Å². The summed E-state index contributed by atoms with van der Waals surface area (Å²) in [7, 11) is 0. The number of fused-ring (bicyclic) bond motifs is 1. The molecule has 1 aromatic rings. The van der Waals surface area contributed by atoms with Crippen LogP contribution in [0, 0.1) is 0 Å². The largest absolute Gasteiger partial charge is 0.397 e. The molecule has 1 fully saturated rings. The van der Waals surface area contributed by atoms with Gasteiger partial charge in [0, 0.05) is 31.2 Å². The molecule has 2 N–H and O–H groups in total. The molecular formula is C11H15N3. The van der Waals surface area contributed by atoms with Crippen molar-refractivity contribution < 1.29 is 0 Å². The molecule has 0 aromatic carbocycles. The van der Waals surface area contributed by atoms with Crippen LogP contribution in [0.1, 0.15) is 24.1 Å². The molecule has 2 aliphatic rings. The predicted molar refractivity (Wildman–Crippen MR) is 55.8 cm³/mol. The molecule has 0 spiro atoms. The standard InChI is InChI=1S/C11H15N3/c12-9-5-8-7-14(10-1-2-10)4-3-11(8)13-6-9/h5-6,10H,1-4,7,12H2. The minimum atomic E-state index is 0.793. The van der Waals surface area contributed by atoms with Crippen LogP contribution >= 0.6 is 0 Å². The topological polar surface area (TPSA) is 42.1 Å². The quantitative estimate of drug-likeness (QED) is 0.721. The smallest absolute Gasteiger partial charge is 0.0504 e. The SMILES string of the molecule is Nc1cnc2c(c1)CN(C1CC1)CC2. The van der Waals surface area contributed by atoms with E-state index in [1.807, 2.05) is 0 Å². The third-order valence-corrected chi connectivity index (χ3v) is 3.15. The molecule has 3 nitrogen and oxygen atoms in total. The van der Waals surface area contributed by atoms with E-state index >= 15 is 0 Å². The van der Waals surface area contributed by atoms with Crippen LogP contribution in [-0.4, -0.2) is 22.5 Å². The second-order valence-electron chi connectivity index (χ2n) is 4.33.